The monoisotopic (exact) mass is 295 g/mol. The lowest BCUT2D eigenvalue weighted by atomic mass is 9.98. The molecule has 0 unspecified atom stereocenters. The maximum Gasteiger partial charge on any atom is 0.433 e. The first-order chi connectivity index (χ1) is 8.57. The van der Waals surface area contributed by atoms with Crippen molar-refractivity contribution in [2.75, 3.05) is 7.11 Å². The predicted molar refractivity (Wildman–Crippen MR) is 64.3 cm³/mol. The Morgan fingerprint density at radius 2 is 1.95 bits per heavy atom. The fourth-order valence-electron chi connectivity index (χ4n) is 1.35. The Bertz CT molecular complexity index is 486. The van der Waals surface area contributed by atoms with Crippen LogP contribution in [0.2, 0.25) is 5.15 Å². The second-order valence-electron chi connectivity index (χ2n) is 4.60. The molecular formula is C12H13ClF3NO2. The van der Waals surface area contributed by atoms with Crippen LogP contribution in [-0.4, -0.2) is 23.5 Å². The number of nitrogens with zero attached hydrogens (tertiary/aromatic N) is 1. The van der Waals surface area contributed by atoms with Crippen molar-refractivity contribution in [2.45, 2.75) is 32.0 Å². The topological polar surface area (TPSA) is 39.2 Å². The molecule has 3 nitrogen and oxygen atoms in total. The molecule has 0 atom stereocenters. The highest BCUT2D eigenvalue weighted by Gasteiger charge is 2.33. The van der Waals surface area contributed by atoms with Gasteiger partial charge >= 0.3 is 6.18 Å². The van der Waals surface area contributed by atoms with Crippen molar-refractivity contribution in [1.82, 2.24) is 4.98 Å². The maximum absolute atomic E-state index is 12.4. The lowest BCUT2D eigenvalue weighted by Crippen LogP contribution is -2.26. The van der Waals surface area contributed by atoms with Crippen molar-refractivity contribution >= 4 is 17.4 Å². The molecule has 0 saturated carbocycles. The second kappa shape index (κ2) is 5.46. The minimum absolute atomic E-state index is 0.00371. The molecule has 0 aliphatic carbocycles. The molecule has 1 heterocycles. The molecule has 0 amide bonds. The number of hydrogen-bond acceptors (Lipinski definition) is 3. The third-order valence-electron chi connectivity index (χ3n) is 2.58. The first-order valence-electron chi connectivity index (χ1n) is 5.39. The molecule has 0 aliphatic heterocycles. The highest BCUT2D eigenvalue weighted by atomic mass is 35.5. The van der Waals surface area contributed by atoms with E-state index in [0.717, 1.165) is 12.1 Å². The van der Waals surface area contributed by atoms with Crippen molar-refractivity contribution in [3.05, 3.63) is 28.5 Å². The van der Waals surface area contributed by atoms with Crippen LogP contribution in [0.5, 0.6) is 0 Å². The van der Waals surface area contributed by atoms with Gasteiger partial charge in [-0.2, -0.15) is 13.2 Å². The normalized spacial score (nSPS) is 12.6. The van der Waals surface area contributed by atoms with E-state index < -0.39 is 28.4 Å². The Balaban J connectivity index is 3.01. The number of methoxy groups -OCH3 is 1. The van der Waals surface area contributed by atoms with E-state index in [0.29, 0.717) is 0 Å². The van der Waals surface area contributed by atoms with Crippen LogP contribution in [-0.2, 0) is 10.9 Å². The molecule has 0 bridgehead atoms. The third kappa shape index (κ3) is 4.18. The van der Waals surface area contributed by atoms with Crippen LogP contribution < -0.4 is 0 Å². The van der Waals surface area contributed by atoms with Gasteiger partial charge in [-0.05, 0) is 26.0 Å². The number of halogens is 4. The van der Waals surface area contributed by atoms with Crippen LogP contribution in [0.3, 0.4) is 0 Å². The number of carbonyl (C=O) groups excluding carboxylic acids is 1. The van der Waals surface area contributed by atoms with E-state index in [2.05, 4.69) is 4.98 Å². The summed E-state index contributed by atoms with van der Waals surface area (Å²) in [5, 5.41) is -0.452. The van der Waals surface area contributed by atoms with Crippen molar-refractivity contribution in [2.24, 2.45) is 0 Å². The molecule has 0 fully saturated rings. The highest BCUT2D eigenvalue weighted by Crippen LogP contribution is 2.30. The summed E-state index contributed by atoms with van der Waals surface area (Å²) in [7, 11) is 1.44. The molecule has 1 aromatic rings. The third-order valence-corrected chi connectivity index (χ3v) is 2.87. The number of aromatic nitrogens is 1. The molecular weight excluding hydrogens is 283 g/mol. The van der Waals surface area contributed by atoms with Gasteiger partial charge in [-0.15, -0.1) is 0 Å². The van der Waals surface area contributed by atoms with Gasteiger partial charge in [0.25, 0.3) is 0 Å². The molecule has 106 valence electrons. The number of carbonyl (C=O) groups is 1. The summed E-state index contributed by atoms with van der Waals surface area (Å²) in [4.78, 5) is 15.1. The van der Waals surface area contributed by atoms with Crippen LogP contribution in [0.15, 0.2) is 12.1 Å². The molecule has 0 N–H and O–H groups in total. The Labute approximate surface area is 113 Å². The molecule has 0 aliphatic rings. The minimum atomic E-state index is -4.59. The van der Waals surface area contributed by atoms with Crippen molar-refractivity contribution in [3.8, 4) is 0 Å². The lowest BCUT2D eigenvalue weighted by molar-refractivity contribution is -0.141. The maximum atomic E-state index is 12.4. The van der Waals surface area contributed by atoms with E-state index in [1.807, 2.05) is 0 Å². The van der Waals surface area contributed by atoms with Crippen LogP contribution >= 0.6 is 11.6 Å². The smallest absolute Gasteiger partial charge is 0.378 e. The predicted octanol–water partition coefficient (Wildman–Crippen LogP) is 3.75. The summed E-state index contributed by atoms with van der Waals surface area (Å²) in [6.07, 6.45) is -4.59. The van der Waals surface area contributed by atoms with Gasteiger partial charge in [0.05, 0.1) is 11.2 Å². The Morgan fingerprint density at radius 1 is 1.37 bits per heavy atom. The first-order valence-corrected chi connectivity index (χ1v) is 5.77. The number of alkyl halides is 3. The number of pyridine rings is 1. The second-order valence-corrected chi connectivity index (χ2v) is 4.95. The number of rotatable bonds is 4. The van der Waals surface area contributed by atoms with Crippen molar-refractivity contribution in [3.63, 3.8) is 0 Å². The molecule has 1 rings (SSSR count). The van der Waals surface area contributed by atoms with Crippen LogP contribution in [0.4, 0.5) is 13.2 Å². The number of hydrogen-bond donors (Lipinski definition) is 0. The van der Waals surface area contributed by atoms with E-state index in [1.165, 1.54) is 7.11 Å². The zero-order chi connectivity index (χ0) is 14.8. The van der Waals surface area contributed by atoms with Gasteiger partial charge in [0, 0.05) is 13.5 Å². The summed E-state index contributed by atoms with van der Waals surface area (Å²) in [6.45, 7) is 3.38. The number of Topliss-reactive ketones (excluding diaryl/α,β-unsaturated/α-hetero) is 1. The molecule has 19 heavy (non-hydrogen) atoms. The zero-order valence-electron chi connectivity index (χ0n) is 10.6. The summed E-state index contributed by atoms with van der Waals surface area (Å²) in [5.74, 6) is -0.418. The zero-order valence-corrected chi connectivity index (χ0v) is 11.4. The van der Waals surface area contributed by atoms with Gasteiger partial charge in [0.15, 0.2) is 5.78 Å². The minimum Gasteiger partial charge on any atom is -0.378 e. The fourth-order valence-corrected chi connectivity index (χ4v) is 1.61. The van der Waals surface area contributed by atoms with Gasteiger partial charge in [0.1, 0.15) is 10.8 Å². The Kier molecular flexibility index (Phi) is 4.58. The van der Waals surface area contributed by atoms with E-state index >= 15 is 0 Å². The number of ether oxygens (including phenoxy) is 1. The van der Waals surface area contributed by atoms with E-state index in [1.54, 1.807) is 13.8 Å². The molecule has 0 spiro atoms. The van der Waals surface area contributed by atoms with Gasteiger partial charge in [-0.1, -0.05) is 11.6 Å². The molecule has 0 saturated heterocycles. The summed E-state index contributed by atoms with van der Waals surface area (Å²) in [6, 6.07) is 1.77. The SMILES string of the molecule is COC(C)(C)CC(=O)c1ccc(C(F)(F)F)nc1Cl. The van der Waals surface area contributed by atoms with Crippen LogP contribution in [0.1, 0.15) is 36.3 Å². The number of ketones is 1. The average molecular weight is 296 g/mol. The van der Waals surface area contributed by atoms with E-state index in [-0.39, 0.29) is 12.0 Å². The highest BCUT2D eigenvalue weighted by molar-refractivity contribution is 6.32. The van der Waals surface area contributed by atoms with Gasteiger partial charge in [0.2, 0.25) is 0 Å². The van der Waals surface area contributed by atoms with Crippen molar-refractivity contribution < 1.29 is 22.7 Å². The summed E-state index contributed by atoms with van der Waals surface area (Å²) in [5.41, 5.74) is -1.89. The molecule has 0 aromatic carbocycles. The Hall–Kier alpha value is -1.14. The van der Waals surface area contributed by atoms with Gasteiger partial charge in [-0.3, -0.25) is 4.79 Å². The van der Waals surface area contributed by atoms with E-state index in [4.69, 9.17) is 16.3 Å². The van der Waals surface area contributed by atoms with E-state index in [9.17, 15) is 18.0 Å². The largest absolute Gasteiger partial charge is 0.433 e. The van der Waals surface area contributed by atoms with Crippen LogP contribution in [0.25, 0.3) is 0 Å². The summed E-state index contributed by atoms with van der Waals surface area (Å²) < 4.78 is 42.3. The summed E-state index contributed by atoms with van der Waals surface area (Å²) >= 11 is 5.63. The Morgan fingerprint density at radius 3 is 2.37 bits per heavy atom. The first kappa shape index (κ1) is 15.9. The van der Waals surface area contributed by atoms with Gasteiger partial charge < -0.3 is 4.74 Å². The fraction of sp³-hybridized carbons (Fsp3) is 0.500. The standard InChI is InChI=1S/C12H13ClF3NO2/c1-11(2,19-3)6-8(18)7-4-5-9(12(14,15)16)17-10(7)13/h4-5H,6H2,1-3H3. The molecule has 0 radical (unpaired) electrons. The van der Waals surface area contributed by atoms with Crippen molar-refractivity contribution in [1.29, 1.82) is 0 Å². The molecule has 7 heteroatoms. The average Bonchev–Trinajstić information content (AvgIpc) is 2.26. The van der Waals surface area contributed by atoms with Crippen LogP contribution in [0, 0.1) is 0 Å². The quantitative estimate of drug-likeness (QED) is 0.627. The van der Waals surface area contributed by atoms with Gasteiger partial charge in [-0.25, -0.2) is 4.98 Å². The molecule has 1 aromatic heterocycles. The lowest BCUT2D eigenvalue weighted by Gasteiger charge is -2.21.